The molecule has 24 heavy (non-hydrogen) atoms. The Morgan fingerprint density at radius 1 is 1.17 bits per heavy atom. The average molecular weight is 373 g/mol. The molecule has 0 aromatic heterocycles. The molecule has 1 aromatic rings. The van der Waals surface area contributed by atoms with Gasteiger partial charge in [-0.3, -0.25) is 4.79 Å². The van der Waals surface area contributed by atoms with Crippen molar-refractivity contribution < 1.29 is 36.2 Å². The monoisotopic (exact) mass is 373 g/mol. The number of hydrogen-bond donors (Lipinski definition) is 1. The topological polar surface area (TPSA) is 40.5 Å². The van der Waals surface area contributed by atoms with Crippen molar-refractivity contribution in [1.29, 1.82) is 0 Å². The molecule has 134 valence electrons. The van der Waals surface area contributed by atoms with E-state index in [0.717, 1.165) is 6.07 Å². The van der Waals surface area contributed by atoms with Gasteiger partial charge in [0.05, 0.1) is 17.0 Å². The molecule has 0 aliphatic carbocycles. The highest BCUT2D eigenvalue weighted by molar-refractivity contribution is 7.97. The third kappa shape index (κ3) is 4.56. The van der Waals surface area contributed by atoms with E-state index in [4.69, 9.17) is 5.11 Å². The van der Waals surface area contributed by atoms with E-state index in [1.165, 1.54) is 4.31 Å². The summed E-state index contributed by atoms with van der Waals surface area (Å²) in [5.74, 6) is -1.74. The fourth-order valence-electron chi connectivity index (χ4n) is 2.37. The third-order valence-electron chi connectivity index (χ3n) is 3.57. The summed E-state index contributed by atoms with van der Waals surface area (Å²) in [5, 5.41) is 8.99. The lowest BCUT2D eigenvalue weighted by Crippen LogP contribution is -2.34. The normalized spacial score (nSPS) is 20.2. The molecule has 0 radical (unpaired) electrons. The van der Waals surface area contributed by atoms with Gasteiger partial charge in [0, 0.05) is 18.0 Å². The maximum absolute atomic E-state index is 13.1. The summed E-state index contributed by atoms with van der Waals surface area (Å²) >= 11 is 0.641. The number of halogens is 6. The van der Waals surface area contributed by atoms with Crippen LogP contribution in [0.2, 0.25) is 0 Å². The molecule has 1 aliphatic rings. The first-order valence-electron chi connectivity index (χ1n) is 6.92. The number of piperidine rings is 1. The molecule has 1 N–H and O–H groups in total. The van der Waals surface area contributed by atoms with Gasteiger partial charge >= 0.3 is 18.3 Å². The second-order valence-corrected chi connectivity index (χ2v) is 6.50. The number of alkyl halides is 6. The molecule has 0 spiro atoms. The number of hydrogen-bond acceptors (Lipinski definition) is 3. The Labute approximate surface area is 137 Å². The lowest BCUT2D eigenvalue weighted by Gasteiger charge is -2.30. The van der Waals surface area contributed by atoms with Gasteiger partial charge in [-0.1, -0.05) is 0 Å². The minimum Gasteiger partial charge on any atom is -0.481 e. The van der Waals surface area contributed by atoms with Crippen molar-refractivity contribution in [2.24, 2.45) is 5.92 Å². The molecule has 1 aromatic carbocycles. The Bertz CT molecular complexity index is 616. The van der Waals surface area contributed by atoms with Crippen LogP contribution in [0.5, 0.6) is 0 Å². The largest absolute Gasteiger partial charge is 0.481 e. The minimum absolute atomic E-state index is 0.0400. The number of carbonyl (C=O) groups is 1. The Morgan fingerprint density at radius 2 is 1.83 bits per heavy atom. The number of rotatable bonds is 3. The zero-order valence-corrected chi connectivity index (χ0v) is 12.9. The zero-order valence-electron chi connectivity index (χ0n) is 12.1. The fourth-order valence-corrected chi connectivity index (χ4v) is 3.53. The van der Waals surface area contributed by atoms with Gasteiger partial charge in [-0.25, -0.2) is 4.31 Å². The molecular weight excluding hydrogens is 360 g/mol. The summed E-state index contributed by atoms with van der Waals surface area (Å²) in [6.07, 6.45) is -8.90. The van der Waals surface area contributed by atoms with Crippen molar-refractivity contribution in [1.82, 2.24) is 4.31 Å². The standard InChI is InChI=1S/C14H13F6NO2S/c15-13(16,17)9-3-4-11(10(6-9)14(18,19)20)24-21-5-1-2-8(7-21)12(22)23/h3-4,6,8H,1-2,5,7H2,(H,22,23). The van der Waals surface area contributed by atoms with E-state index in [0.29, 0.717) is 37.4 Å². The van der Waals surface area contributed by atoms with E-state index < -0.39 is 35.4 Å². The Hall–Kier alpha value is -1.42. The first-order chi connectivity index (χ1) is 11.0. The number of nitrogens with zero attached hydrogens (tertiary/aromatic N) is 1. The lowest BCUT2D eigenvalue weighted by atomic mass is 10.0. The van der Waals surface area contributed by atoms with E-state index in [2.05, 4.69) is 0 Å². The van der Waals surface area contributed by atoms with Crippen LogP contribution in [-0.4, -0.2) is 28.5 Å². The Balaban J connectivity index is 2.28. The molecule has 10 heteroatoms. The van der Waals surface area contributed by atoms with E-state index in [-0.39, 0.29) is 17.5 Å². The van der Waals surface area contributed by atoms with Crippen LogP contribution in [0.25, 0.3) is 0 Å². The number of benzene rings is 1. The molecule has 1 aliphatic heterocycles. The van der Waals surface area contributed by atoms with Gasteiger partial charge in [0.2, 0.25) is 0 Å². The smallest absolute Gasteiger partial charge is 0.417 e. The van der Waals surface area contributed by atoms with Gasteiger partial charge in [0.25, 0.3) is 0 Å². The van der Waals surface area contributed by atoms with Crippen LogP contribution in [0.15, 0.2) is 23.1 Å². The van der Waals surface area contributed by atoms with Crippen LogP contribution < -0.4 is 0 Å². The van der Waals surface area contributed by atoms with E-state index in [1.54, 1.807) is 0 Å². The second kappa shape index (κ2) is 6.83. The fraction of sp³-hybridized carbons (Fsp3) is 0.500. The van der Waals surface area contributed by atoms with Crippen LogP contribution in [0, 0.1) is 5.92 Å². The predicted molar refractivity (Wildman–Crippen MR) is 74.2 cm³/mol. The van der Waals surface area contributed by atoms with Crippen LogP contribution in [0.3, 0.4) is 0 Å². The molecule has 1 atom stereocenters. The van der Waals surface area contributed by atoms with Crippen molar-refractivity contribution >= 4 is 17.9 Å². The molecule has 2 rings (SSSR count). The molecule has 1 unspecified atom stereocenters. The number of aliphatic carboxylic acids is 1. The maximum Gasteiger partial charge on any atom is 0.417 e. The Morgan fingerprint density at radius 3 is 2.38 bits per heavy atom. The maximum atomic E-state index is 13.1. The summed E-state index contributed by atoms with van der Waals surface area (Å²) in [4.78, 5) is 10.6. The van der Waals surface area contributed by atoms with Crippen LogP contribution in [-0.2, 0) is 17.1 Å². The summed E-state index contributed by atoms with van der Waals surface area (Å²) in [5.41, 5.74) is -2.75. The molecule has 0 amide bonds. The van der Waals surface area contributed by atoms with Crippen molar-refractivity contribution in [2.45, 2.75) is 30.1 Å². The second-order valence-electron chi connectivity index (χ2n) is 5.36. The van der Waals surface area contributed by atoms with Gasteiger partial charge in [-0.05, 0) is 43.0 Å². The van der Waals surface area contributed by atoms with Crippen molar-refractivity contribution in [3.8, 4) is 0 Å². The molecule has 0 saturated carbocycles. The highest BCUT2D eigenvalue weighted by atomic mass is 32.2. The lowest BCUT2D eigenvalue weighted by molar-refractivity contribution is -0.145. The number of carboxylic acids is 1. The highest BCUT2D eigenvalue weighted by Gasteiger charge is 2.39. The summed E-state index contributed by atoms with van der Waals surface area (Å²) < 4.78 is 78.6. The van der Waals surface area contributed by atoms with Crippen molar-refractivity contribution in [2.75, 3.05) is 13.1 Å². The van der Waals surface area contributed by atoms with Crippen molar-refractivity contribution in [3.63, 3.8) is 0 Å². The van der Waals surface area contributed by atoms with E-state index in [9.17, 15) is 31.1 Å². The van der Waals surface area contributed by atoms with Crippen LogP contribution >= 0.6 is 11.9 Å². The summed E-state index contributed by atoms with van der Waals surface area (Å²) in [7, 11) is 0. The quantitative estimate of drug-likeness (QED) is 0.624. The van der Waals surface area contributed by atoms with Gasteiger partial charge in [-0.15, -0.1) is 0 Å². The SMILES string of the molecule is O=C(O)C1CCCN(Sc2ccc(C(F)(F)F)cc2C(F)(F)F)C1. The average Bonchev–Trinajstić information content (AvgIpc) is 2.45. The third-order valence-corrected chi connectivity index (χ3v) is 4.72. The first-order valence-corrected chi connectivity index (χ1v) is 7.70. The molecule has 1 fully saturated rings. The van der Waals surface area contributed by atoms with Gasteiger partial charge in [0.15, 0.2) is 0 Å². The van der Waals surface area contributed by atoms with E-state index in [1.807, 2.05) is 0 Å². The molecular formula is C14H13F6NO2S. The Kier molecular flexibility index (Phi) is 5.38. The number of carboxylic acid groups (broad SMARTS) is 1. The van der Waals surface area contributed by atoms with Crippen LogP contribution in [0.4, 0.5) is 26.3 Å². The predicted octanol–water partition coefficient (Wildman–Crippen LogP) is 4.53. The molecule has 3 nitrogen and oxygen atoms in total. The van der Waals surface area contributed by atoms with Gasteiger partial charge < -0.3 is 5.11 Å². The summed E-state index contributed by atoms with van der Waals surface area (Å²) in [6, 6.07) is 1.46. The molecule has 0 bridgehead atoms. The van der Waals surface area contributed by atoms with Crippen molar-refractivity contribution in [3.05, 3.63) is 29.3 Å². The molecule has 1 saturated heterocycles. The van der Waals surface area contributed by atoms with E-state index >= 15 is 0 Å². The minimum atomic E-state index is -4.94. The van der Waals surface area contributed by atoms with Gasteiger partial charge in [-0.2, -0.15) is 26.3 Å². The zero-order chi connectivity index (χ0) is 18.1. The highest BCUT2D eigenvalue weighted by Crippen LogP contribution is 2.42. The summed E-state index contributed by atoms with van der Waals surface area (Å²) in [6.45, 7) is 0.408. The van der Waals surface area contributed by atoms with Crippen LogP contribution in [0.1, 0.15) is 24.0 Å². The molecule has 1 heterocycles. The first kappa shape index (κ1) is 18.9. The van der Waals surface area contributed by atoms with Gasteiger partial charge in [0.1, 0.15) is 0 Å².